The van der Waals surface area contributed by atoms with Crippen LogP contribution in [0.4, 0.5) is 15.8 Å². The molecule has 0 atom stereocenters. The number of amides is 1. The maximum atomic E-state index is 13.2. The van der Waals surface area contributed by atoms with E-state index >= 15 is 0 Å². The molecule has 0 spiro atoms. The minimum Gasteiger partial charge on any atom is -0.398 e. The number of nitrogens with zero attached hydrogens (tertiary/aromatic N) is 1. The van der Waals surface area contributed by atoms with Gasteiger partial charge in [0.05, 0.1) is 5.56 Å². The predicted octanol–water partition coefficient (Wildman–Crippen LogP) is 2.72. The number of carbonyl (C=O) groups excluding carboxylic acids is 1. The van der Waals surface area contributed by atoms with E-state index in [0.717, 1.165) is 18.2 Å². The van der Waals surface area contributed by atoms with E-state index in [1.807, 2.05) is 38.4 Å². The number of halogens is 1. The smallest absolute Gasteiger partial charge is 0.257 e. The fourth-order valence-electron chi connectivity index (χ4n) is 1.98. The van der Waals surface area contributed by atoms with Gasteiger partial charge in [-0.2, -0.15) is 0 Å². The minimum absolute atomic E-state index is 0.132. The first kappa shape index (κ1) is 15.0. The second-order valence-electron chi connectivity index (χ2n) is 5.12. The third-order valence-corrected chi connectivity index (χ3v) is 2.97. The van der Waals surface area contributed by atoms with Gasteiger partial charge in [0.2, 0.25) is 0 Å². The average Bonchev–Trinajstić information content (AvgIpc) is 2.43. The fourth-order valence-corrected chi connectivity index (χ4v) is 1.98. The monoisotopic (exact) mass is 287 g/mol. The van der Waals surface area contributed by atoms with Crippen molar-refractivity contribution in [2.75, 3.05) is 25.1 Å². The van der Waals surface area contributed by atoms with Gasteiger partial charge in [0.25, 0.3) is 5.91 Å². The van der Waals surface area contributed by atoms with Crippen LogP contribution in [0.15, 0.2) is 42.5 Å². The number of anilines is 2. The molecule has 0 saturated carbocycles. The van der Waals surface area contributed by atoms with Crippen molar-refractivity contribution in [3.8, 4) is 0 Å². The van der Waals surface area contributed by atoms with Crippen LogP contribution < -0.4 is 11.1 Å². The number of nitrogens with two attached hydrogens (primary N) is 1. The van der Waals surface area contributed by atoms with Crippen LogP contribution in [-0.4, -0.2) is 24.9 Å². The molecule has 0 bridgehead atoms. The summed E-state index contributed by atoms with van der Waals surface area (Å²) in [5, 5.41) is 2.71. The van der Waals surface area contributed by atoms with Gasteiger partial charge in [-0.3, -0.25) is 4.79 Å². The maximum Gasteiger partial charge on any atom is 0.257 e. The molecule has 0 fully saturated rings. The highest BCUT2D eigenvalue weighted by molar-refractivity contribution is 6.07. The molecule has 110 valence electrons. The molecule has 2 aromatic rings. The first-order valence-electron chi connectivity index (χ1n) is 6.56. The van der Waals surface area contributed by atoms with Crippen molar-refractivity contribution in [1.29, 1.82) is 0 Å². The van der Waals surface area contributed by atoms with Crippen molar-refractivity contribution in [2.45, 2.75) is 6.54 Å². The maximum absolute atomic E-state index is 13.2. The Morgan fingerprint density at radius 1 is 1.19 bits per heavy atom. The summed E-state index contributed by atoms with van der Waals surface area (Å²) in [5.41, 5.74) is 7.86. The van der Waals surface area contributed by atoms with E-state index in [9.17, 15) is 9.18 Å². The lowest BCUT2D eigenvalue weighted by Gasteiger charge is -2.11. The fraction of sp³-hybridized carbons (Fsp3) is 0.188. The van der Waals surface area contributed by atoms with Crippen LogP contribution in [0.3, 0.4) is 0 Å². The molecular weight excluding hydrogens is 269 g/mol. The number of nitrogen functional groups attached to an aromatic ring is 1. The Bertz CT molecular complexity index is 638. The van der Waals surface area contributed by atoms with Crippen molar-refractivity contribution in [3.05, 3.63) is 59.4 Å². The predicted molar refractivity (Wildman–Crippen MR) is 82.6 cm³/mol. The third kappa shape index (κ3) is 4.03. The molecule has 0 aromatic heterocycles. The van der Waals surface area contributed by atoms with Crippen LogP contribution in [-0.2, 0) is 6.54 Å². The summed E-state index contributed by atoms with van der Waals surface area (Å²) in [4.78, 5) is 14.1. The van der Waals surface area contributed by atoms with E-state index in [4.69, 9.17) is 5.73 Å². The number of carbonyl (C=O) groups is 1. The van der Waals surface area contributed by atoms with Gasteiger partial charge in [-0.1, -0.05) is 12.1 Å². The third-order valence-electron chi connectivity index (χ3n) is 2.97. The number of hydrogen-bond acceptors (Lipinski definition) is 3. The average molecular weight is 287 g/mol. The van der Waals surface area contributed by atoms with Crippen molar-refractivity contribution in [3.63, 3.8) is 0 Å². The van der Waals surface area contributed by atoms with E-state index in [1.54, 1.807) is 0 Å². The first-order chi connectivity index (χ1) is 9.95. The summed E-state index contributed by atoms with van der Waals surface area (Å²) >= 11 is 0. The summed E-state index contributed by atoms with van der Waals surface area (Å²) in [6, 6.07) is 11.2. The Morgan fingerprint density at radius 3 is 2.48 bits per heavy atom. The lowest BCUT2D eigenvalue weighted by molar-refractivity contribution is 0.102. The molecule has 1 amide bonds. The largest absolute Gasteiger partial charge is 0.398 e. The Hall–Kier alpha value is -2.40. The highest BCUT2D eigenvalue weighted by Gasteiger charge is 2.11. The number of hydrogen-bond donors (Lipinski definition) is 2. The molecular formula is C16H18FN3O. The molecule has 4 nitrogen and oxygen atoms in total. The van der Waals surface area contributed by atoms with Gasteiger partial charge in [0, 0.05) is 17.9 Å². The molecule has 5 heteroatoms. The topological polar surface area (TPSA) is 58.4 Å². The molecule has 0 radical (unpaired) electrons. The molecule has 0 unspecified atom stereocenters. The van der Waals surface area contributed by atoms with Crippen LogP contribution in [0.1, 0.15) is 15.9 Å². The second-order valence-corrected chi connectivity index (χ2v) is 5.12. The Balaban J connectivity index is 2.10. The number of rotatable bonds is 4. The standard InChI is InChI=1S/C16H18FN3O/c1-20(2)10-11-3-6-13(7-4-11)19-16(21)14-9-12(17)5-8-15(14)18/h3-9H,10,18H2,1-2H3,(H,19,21). The van der Waals surface area contributed by atoms with E-state index in [0.29, 0.717) is 5.69 Å². The van der Waals surface area contributed by atoms with Crippen molar-refractivity contribution < 1.29 is 9.18 Å². The van der Waals surface area contributed by atoms with Crippen molar-refractivity contribution in [1.82, 2.24) is 4.90 Å². The molecule has 0 heterocycles. The summed E-state index contributed by atoms with van der Waals surface area (Å²) in [6.07, 6.45) is 0. The number of nitrogens with one attached hydrogen (secondary N) is 1. The van der Waals surface area contributed by atoms with Crippen LogP contribution in [0.5, 0.6) is 0 Å². The van der Waals surface area contributed by atoms with Crippen LogP contribution in [0.2, 0.25) is 0 Å². The zero-order valence-corrected chi connectivity index (χ0v) is 12.1. The van der Waals surface area contributed by atoms with Gasteiger partial charge >= 0.3 is 0 Å². The quantitative estimate of drug-likeness (QED) is 0.850. The molecule has 0 aliphatic carbocycles. The molecule has 2 rings (SSSR count). The van der Waals surface area contributed by atoms with Gasteiger partial charge in [-0.05, 0) is 50.0 Å². The highest BCUT2D eigenvalue weighted by Crippen LogP contribution is 2.17. The highest BCUT2D eigenvalue weighted by atomic mass is 19.1. The first-order valence-corrected chi connectivity index (χ1v) is 6.56. The minimum atomic E-state index is -0.490. The van der Waals surface area contributed by atoms with Crippen molar-refractivity contribution >= 4 is 17.3 Å². The molecule has 21 heavy (non-hydrogen) atoms. The lowest BCUT2D eigenvalue weighted by Crippen LogP contribution is -2.14. The van der Waals surface area contributed by atoms with Crippen molar-refractivity contribution in [2.24, 2.45) is 0 Å². The van der Waals surface area contributed by atoms with Gasteiger partial charge in [-0.15, -0.1) is 0 Å². The number of benzene rings is 2. The summed E-state index contributed by atoms with van der Waals surface area (Å²) in [7, 11) is 3.98. The second kappa shape index (κ2) is 6.37. The van der Waals surface area contributed by atoms with E-state index in [-0.39, 0.29) is 11.3 Å². The Kier molecular flexibility index (Phi) is 4.55. The zero-order valence-electron chi connectivity index (χ0n) is 12.1. The van der Waals surface area contributed by atoms with Gasteiger partial charge in [-0.25, -0.2) is 4.39 Å². The molecule has 0 saturated heterocycles. The summed E-state index contributed by atoms with van der Waals surface area (Å²) in [5.74, 6) is -0.914. The normalized spacial score (nSPS) is 10.7. The van der Waals surface area contributed by atoms with Crippen LogP contribution >= 0.6 is 0 Å². The summed E-state index contributed by atoms with van der Waals surface area (Å²) < 4.78 is 13.2. The SMILES string of the molecule is CN(C)Cc1ccc(NC(=O)c2cc(F)ccc2N)cc1. The molecule has 2 aromatic carbocycles. The summed E-state index contributed by atoms with van der Waals surface area (Å²) in [6.45, 7) is 0.824. The lowest BCUT2D eigenvalue weighted by atomic mass is 10.1. The zero-order chi connectivity index (χ0) is 15.4. The molecule has 3 N–H and O–H groups in total. The van der Waals surface area contributed by atoms with E-state index < -0.39 is 11.7 Å². The Labute approximate surface area is 123 Å². The van der Waals surface area contributed by atoms with Crippen LogP contribution in [0, 0.1) is 5.82 Å². The molecule has 0 aliphatic heterocycles. The van der Waals surface area contributed by atoms with Gasteiger partial charge in [0.1, 0.15) is 5.82 Å². The molecule has 0 aliphatic rings. The van der Waals surface area contributed by atoms with E-state index in [1.165, 1.54) is 12.1 Å². The van der Waals surface area contributed by atoms with E-state index in [2.05, 4.69) is 10.2 Å². The van der Waals surface area contributed by atoms with Crippen LogP contribution in [0.25, 0.3) is 0 Å². The van der Waals surface area contributed by atoms with Gasteiger partial charge in [0.15, 0.2) is 0 Å². The van der Waals surface area contributed by atoms with Gasteiger partial charge < -0.3 is 16.0 Å². The Morgan fingerprint density at radius 2 is 1.86 bits per heavy atom.